The van der Waals surface area contributed by atoms with Crippen LogP contribution in [0.2, 0.25) is 0 Å². The Hall–Kier alpha value is -2.57. The number of hydrogen-bond donors (Lipinski definition) is 0. The van der Waals surface area contributed by atoms with Crippen molar-refractivity contribution in [2.45, 2.75) is 64.1 Å². The molecule has 3 aromatic rings. The van der Waals surface area contributed by atoms with Gasteiger partial charge in [0.25, 0.3) is 0 Å². The van der Waals surface area contributed by atoms with E-state index in [2.05, 4.69) is 63.6 Å². The van der Waals surface area contributed by atoms with Crippen LogP contribution in [0.25, 0.3) is 11.3 Å². The van der Waals surface area contributed by atoms with Gasteiger partial charge in [-0.3, -0.25) is 9.88 Å². The molecule has 1 aromatic carbocycles. The van der Waals surface area contributed by atoms with E-state index in [0.29, 0.717) is 5.92 Å². The van der Waals surface area contributed by atoms with Crippen LogP contribution in [-0.4, -0.2) is 50.7 Å². The molecule has 0 bridgehead atoms. The maximum absolute atomic E-state index is 5.85. The molecule has 2 aliphatic rings. The van der Waals surface area contributed by atoms with Gasteiger partial charge in [0.1, 0.15) is 5.69 Å². The molecule has 6 heteroatoms. The van der Waals surface area contributed by atoms with E-state index in [4.69, 9.17) is 4.74 Å². The zero-order chi connectivity index (χ0) is 21.8. The number of rotatable bonds is 6. The van der Waals surface area contributed by atoms with E-state index in [1.54, 1.807) is 0 Å². The maximum Gasteiger partial charge on any atom is 0.113 e. The van der Waals surface area contributed by atoms with Gasteiger partial charge in [-0.25, -0.2) is 4.68 Å². The lowest BCUT2D eigenvalue weighted by molar-refractivity contribution is 0.00370. The van der Waals surface area contributed by atoms with Gasteiger partial charge in [-0.1, -0.05) is 29.5 Å². The molecular formula is C26H33N5O. The van der Waals surface area contributed by atoms with Crippen molar-refractivity contribution >= 4 is 0 Å². The molecule has 0 radical (unpaired) electrons. The number of aromatic nitrogens is 4. The minimum absolute atomic E-state index is 0.269. The van der Waals surface area contributed by atoms with E-state index in [0.717, 1.165) is 50.6 Å². The Kier molecular flexibility index (Phi) is 6.60. The number of likely N-dealkylation sites (tertiary alicyclic amines) is 1. The Morgan fingerprint density at radius 2 is 1.97 bits per heavy atom. The molecule has 0 spiro atoms. The van der Waals surface area contributed by atoms with E-state index < -0.39 is 0 Å². The van der Waals surface area contributed by atoms with Crippen molar-refractivity contribution in [3.05, 3.63) is 65.6 Å². The lowest BCUT2D eigenvalue weighted by Gasteiger charge is -2.32. The Morgan fingerprint density at radius 3 is 2.72 bits per heavy atom. The first-order chi connectivity index (χ1) is 15.7. The van der Waals surface area contributed by atoms with Crippen LogP contribution in [0.3, 0.4) is 0 Å². The Balaban J connectivity index is 1.19. The van der Waals surface area contributed by atoms with E-state index in [1.165, 1.54) is 42.4 Å². The van der Waals surface area contributed by atoms with E-state index in [-0.39, 0.29) is 6.10 Å². The molecular weight excluding hydrogens is 398 g/mol. The third-order valence-corrected chi connectivity index (χ3v) is 6.90. The fourth-order valence-corrected chi connectivity index (χ4v) is 5.04. The largest absolute Gasteiger partial charge is 0.376 e. The number of nitrogens with zero attached hydrogens (tertiary/aromatic N) is 5. The standard InChI is InChI=1S/C26H33N5O/c1-20-16-22(21-10-13-30(14-11-21)17-23-6-2-4-12-27-23)8-9-25(20)26-19-31(29-28-26)18-24-7-3-5-15-32-24/h2,4,6,8-9,12,16,19,21,24H,3,5,7,10-11,13-15,17-18H2,1H3. The SMILES string of the molecule is Cc1cc(C2CCN(Cc3ccccn3)CC2)ccc1-c1cn(CC2CCCCO2)nn1. The molecule has 4 heterocycles. The number of pyridine rings is 1. The van der Waals surface area contributed by atoms with Gasteiger partial charge in [0.15, 0.2) is 0 Å². The molecule has 2 aromatic heterocycles. The van der Waals surface area contributed by atoms with Crippen LogP contribution in [0.15, 0.2) is 48.8 Å². The van der Waals surface area contributed by atoms with Crippen molar-refractivity contribution in [3.63, 3.8) is 0 Å². The number of aryl methyl sites for hydroxylation is 1. The van der Waals surface area contributed by atoms with Crippen LogP contribution in [0.4, 0.5) is 0 Å². The molecule has 0 amide bonds. The van der Waals surface area contributed by atoms with Crippen LogP contribution in [-0.2, 0) is 17.8 Å². The molecule has 168 valence electrons. The minimum atomic E-state index is 0.269. The molecule has 5 rings (SSSR count). The zero-order valence-corrected chi connectivity index (χ0v) is 19.0. The third-order valence-electron chi connectivity index (χ3n) is 6.90. The first-order valence-electron chi connectivity index (χ1n) is 12.0. The summed E-state index contributed by atoms with van der Waals surface area (Å²) < 4.78 is 7.79. The Morgan fingerprint density at radius 1 is 1.06 bits per heavy atom. The van der Waals surface area contributed by atoms with Gasteiger partial charge < -0.3 is 4.74 Å². The minimum Gasteiger partial charge on any atom is -0.376 e. The average Bonchev–Trinajstić information content (AvgIpc) is 3.29. The number of ether oxygens (including phenoxy) is 1. The summed E-state index contributed by atoms with van der Waals surface area (Å²) in [6.45, 7) is 7.06. The highest BCUT2D eigenvalue weighted by atomic mass is 16.5. The van der Waals surface area contributed by atoms with Crippen molar-refractivity contribution < 1.29 is 4.74 Å². The summed E-state index contributed by atoms with van der Waals surface area (Å²) in [5, 5.41) is 8.81. The topological polar surface area (TPSA) is 56.1 Å². The van der Waals surface area contributed by atoms with Crippen molar-refractivity contribution in [1.82, 2.24) is 24.9 Å². The van der Waals surface area contributed by atoms with E-state index in [1.807, 2.05) is 16.9 Å². The fraction of sp³-hybridized carbons (Fsp3) is 0.500. The molecule has 2 aliphatic heterocycles. The van der Waals surface area contributed by atoms with E-state index >= 15 is 0 Å². The lowest BCUT2D eigenvalue weighted by atomic mass is 9.87. The monoisotopic (exact) mass is 431 g/mol. The van der Waals surface area contributed by atoms with Crippen molar-refractivity contribution in [3.8, 4) is 11.3 Å². The number of piperidine rings is 1. The van der Waals surface area contributed by atoms with E-state index in [9.17, 15) is 0 Å². The van der Waals surface area contributed by atoms with Crippen molar-refractivity contribution in [1.29, 1.82) is 0 Å². The fourth-order valence-electron chi connectivity index (χ4n) is 5.04. The molecule has 32 heavy (non-hydrogen) atoms. The molecule has 0 saturated carbocycles. The molecule has 0 aliphatic carbocycles. The normalized spacial score (nSPS) is 20.5. The summed E-state index contributed by atoms with van der Waals surface area (Å²) in [5.74, 6) is 0.627. The lowest BCUT2D eigenvalue weighted by Crippen LogP contribution is -2.32. The second-order valence-electron chi connectivity index (χ2n) is 9.26. The highest BCUT2D eigenvalue weighted by molar-refractivity contribution is 5.63. The molecule has 1 unspecified atom stereocenters. The Labute approximate surface area is 190 Å². The average molecular weight is 432 g/mol. The van der Waals surface area contributed by atoms with Crippen molar-refractivity contribution in [2.75, 3.05) is 19.7 Å². The predicted octanol–water partition coefficient (Wildman–Crippen LogP) is 4.60. The summed E-state index contributed by atoms with van der Waals surface area (Å²) in [6.07, 6.45) is 10.1. The summed E-state index contributed by atoms with van der Waals surface area (Å²) in [7, 11) is 0. The number of benzene rings is 1. The molecule has 1 atom stereocenters. The van der Waals surface area contributed by atoms with Gasteiger partial charge in [0.2, 0.25) is 0 Å². The van der Waals surface area contributed by atoms with Crippen molar-refractivity contribution in [2.24, 2.45) is 0 Å². The summed E-state index contributed by atoms with van der Waals surface area (Å²) in [5.41, 5.74) is 6.02. The van der Waals surface area contributed by atoms with Gasteiger partial charge in [0, 0.05) is 24.9 Å². The third kappa shape index (κ3) is 5.08. The first-order valence-corrected chi connectivity index (χ1v) is 12.0. The maximum atomic E-state index is 5.85. The molecule has 0 N–H and O–H groups in total. The number of hydrogen-bond acceptors (Lipinski definition) is 5. The van der Waals surface area contributed by atoms with Gasteiger partial charge >= 0.3 is 0 Å². The summed E-state index contributed by atoms with van der Waals surface area (Å²) in [6, 6.07) is 13.1. The highest BCUT2D eigenvalue weighted by Gasteiger charge is 2.22. The van der Waals surface area contributed by atoms with Gasteiger partial charge in [-0.05, 0) is 81.3 Å². The van der Waals surface area contributed by atoms with Gasteiger partial charge in [0.05, 0.1) is 24.5 Å². The summed E-state index contributed by atoms with van der Waals surface area (Å²) in [4.78, 5) is 7.00. The van der Waals surface area contributed by atoms with Gasteiger partial charge in [-0.15, -0.1) is 5.10 Å². The second-order valence-corrected chi connectivity index (χ2v) is 9.26. The molecule has 2 saturated heterocycles. The van der Waals surface area contributed by atoms with Crippen LogP contribution < -0.4 is 0 Å². The van der Waals surface area contributed by atoms with Crippen LogP contribution in [0.5, 0.6) is 0 Å². The van der Waals surface area contributed by atoms with Crippen LogP contribution in [0.1, 0.15) is 54.8 Å². The summed E-state index contributed by atoms with van der Waals surface area (Å²) >= 11 is 0. The molecule has 6 nitrogen and oxygen atoms in total. The smallest absolute Gasteiger partial charge is 0.113 e. The van der Waals surface area contributed by atoms with Gasteiger partial charge in [-0.2, -0.15) is 0 Å². The van der Waals surface area contributed by atoms with Crippen LogP contribution in [0, 0.1) is 6.92 Å². The Bertz CT molecular complexity index is 1000. The van der Waals surface area contributed by atoms with Crippen LogP contribution >= 0.6 is 0 Å². The first kappa shape index (κ1) is 21.3. The molecule has 2 fully saturated rings. The zero-order valence-electron chi connectivity index (χ0n) is 19.0. The second kappa shape index (κ2) is 9.92. The predicted molar refractivity (Wildman–Crippen MR) is 125 cm³/mol. The highest BCUT2D eigenvalue weighted by Crippen LogP contribution is 2.32. The quantitative estimate of drug-likeness (QED) is 0.571.